The number of hydrogen-bond donors (Lipinski definition) is 1. The van der Waals surface area contributed by atoms with Crippen LogP contribution in [-0.4, -0.2) is 12.5 Å². The summed E-state index contributed by atoms with van der Waals surface area (Å²) in [7, 11) is 0. The van der Waals surface area contributed by atoms with Crippen LogP contribution in [0.3, 0.4) is 0 Å². The first-order valence-corrected chi connectivity index (χ1v) is 9.31. The summed E-state index contributed by atoms with van der Waals surface area (Å²) < 4.78 is 10.7. The minimum atomic E-state index is -0.518. The van der Waals surface area contributed by atoms with Gasteiger partial charge in [0.15, 0.2) is 0 Å². The Morgan fingerprint density at radius 2 is 1.80 bits per heavy atom. The Bertz CT molecular complexity index is 521. The first kappa shape index (κ1) is 15.8. The Kier molecular flexibility index (Phi) is 6.37. The molecule has 1 N–H and O–H groups in total. The fourth-order valence-electron chi connectivity index (χ4n) is 1.31. The molecule has 106 valence electrons. The summed E-state index contributed by atoms with van der Waals surface area (Å²) >= 11 is 7.51. The molecule has 20 heavy (non-hydrogen) atoms. The first-order chi connectivity index (χ1) is 9.63. The van der Waals surface area contributed by atoms with Gasteiger partial charge in [-0.15, -0.1) is 0 Å². The second kappa shape index (κ2) is 8.04. The van der Waals surface area contributed by atoms with Crippen LogP contribution in [0.1, 0.15) is 0 Å². The number of nitrogens with one attached hydrogen (secondary N) is 1. The molecule has 0 heterocycles. The Labute approximate surface area is 146 Å². The van der Waals surface area contributed by atoms with Crippen LogP contribution in [0, 0.1) is 7.14 Å². The molecular weight excluding hydrogens is 503 g/mol. The van der Waals surface area contributed by atoms with Gasteiger partial charge in [0, 0.05) is 0 Å². The number of carbonyl (C=O) groups excluding carboxylic acids is 1. The summed E-state index contributed by atoms with van der Waals surface area (Å²) in [5, 5.41) is 0.645. The summed E-state index contributed by atoms with van der Waals surface area (Å²) in [4.78, 5) is 11.7. The number of rotatable bonds is 5. The molecule has 0 atom stereocenters. The van der Waals surface area contributed by atoms with E-state index in [4.69, 9.17) is 16.3 Å². The Hall–Kier alpha value is -0.540. The summed E-state index contributed by atoms with van der Waals surface area (Å²) in [6.45, 7) is 0.0196. The molecule has 0 aliphatic heterocycles. The second-order valence-corrected chi connectivity index (χ2v) is 7.80. The molecular formula is C14H11ClI2NO2-. The monoisotopic (exact) mass is 514 g/mol. The number of halogens is 3. The predicted molar refractivity (Wildman–Crippen MR) is 82.9 cm³/mol. The van der Waals surface area contributed by atoms with Crippen LogP contribution in [0.4, 0.5) is 0 Å². The number of hydrogen-bond acceptors (Lipinski definition) is 2. The third kappa shape index (κ3) is 5.45. The fourth-order valence-corrected chi connectivity index (χ4v) is 3.28. The average molecular weight is 515 g/mol. The van der Waals surface area contributed by atoms with Crippen molar-refractivity contribution in [3.63, 3.8) is 0 Å². The van der Waals surface area contributed by atoms with Gasteiger partial charge in [-0.3, -0.25) is 0 Å². The topological polar surface area (TPSA) is 38.3 Å². The van der Waals surface area contributed by atoms with Crippen molar-refractivity contribution in [3.8, 4) is 5.75 Å². The van der Waals surface area contributed by atoms with Crippen molar-refractivity contribution < 1.29 is 31.0 Å². The van der Waals surface area contributed by atoms with E-state index in [0.717, 1.165) is 0 Å². The van der Waals surface area contributed by atoms with Crippen LogP contribution in [-0.2, 0) is 4.79 Å². The van der Waals surface area contributed by atoms with Gasteiger partial charge in [0.05, 0.1) is 0 Å². The molecule has 2 aromatic rings. The normalized spacial score (nSPS) is 10.3. The van der Waals surface area contributed by atoms with Crippen LogP contribution >= 0.6 is 34.2 Å². The molecule has 0 spiro atoms. The van der Waals surface area contributed by atoms with Crippen molar-refractivity contribution >= 4 is 40.1 Å². The van der Waals surface area contributed by atoms with E-state index in [9.17, 15) is 4.79 Å². The summed E-state index contributed by atoms with van der Waals surface area (Å²) in [5.41, 5.74) is 0. The van der Waals surface area contributed by atoms with Crippen LogP contribution < -0.4 is 29.7 Å². The molecule has 0 saturated carbocycles. The van der Waals surface area contributed by atoms with Gasteiger partial charge in [-0.1, -0.05) is 0 Å². The zero-order valence-corrected chi connectivity index (χ0v) is 15.3. The van der Waals surface area contributed by atoms with E-state index in [1.54, 1.807) is 24.3 Å². The minimum absolute atomic E-state index is 0.0196. The molecule has 0 bridgehead atoms. The number of amides is 1. The van der Waals surface area contributed by atoms with Crippen molar-refractivity contribution in [3.05, 3.63) is 60.7 Å². The first-order valence-electron chi connectivity index (χ1n) is 5.70. The van der Waals surface area contributed by atoms with Crippen LogP contribution in [0.5, 0.6) is 5.75 Å². The molecule has 0 aliphatic carbocycles. The van der Waals surface area contributed by atoms with Gasteiger partial charge in [0.1, 0.15) is 0 Å². The Morgan fingerprint density at radius 3 is 2.45 bits per heavy atom. The van der Waals surface area contributed by atoms with E-state index in [2.05, 4.69) is 26.1 Å². The maximum atomic E-state index is 11.7. The SMILES string of the molecule is O=C(COc1ccc(Cl)cc1)N[I-]c1ccc(I)cc1. The van der Waals surface area contributed by atoms with Crippen molar-refractivity contribution in [1.29, 1.82) is 0 Å². The molecule has 0 saturated heterocycles. The van der Waals surface area contributed by atoms with Crippen LogP contribution in [0.15, 0.2) is 48.5 Å². The molecule has 1 amide bonds. The molecule has 6 heteroatoms. The van der Waals surface area contributed by atoms with Crippen molar-refractivity contribution in [2.45, 2.75) is 0 Å². The molecule has 0 aromatic heterocycles. The second-order valence-electron chi connectivity index (χ2n) is 3.79. The third-order valence-corrected chi connectivity index (χ3v) is 5.43. The van der Waals surface area contributed by atoms with E-state index in [1.807, 2.05) is 24.3 Å². The summed E-state index contributed by atoms with van der Waals surface area (Å²) in [6.07, 6.45) is 0. The van der Waals surface area contributed by atoms with E-state index >= 15 is 0 Å². The molecule has 2 aromatic carbocycles. The maximum absolute atomic E-state index is 11.7. The van der Waals surface area contributed by atoms with E-state index < -0.39 is 21.5 Å². The predicted octanol–water partition coefficient (Wildman–Crippen LogP) is 0.313. The third-order valence-electron chi connectivity index (χ3n) is 2.25. The molecule has 3 nitrogen and oxygen atoms in total. The zero-order valence-electron chi connectivity index (χ0n) is 10.3. The summed E-state index contributed by atoms with van der Waals surface area (Å²) in [5.74, 6) is 0.531. The number of benzene rings is 2. The van der Waals surface area contributed by atoms with Gasteiger partial charge in [0.2, 0.25) is 0 Å². The fraction of sp³-hybridized carbons (Fsp3) is 0.0714. The van der Waals surface area contributed by atoms with E-state index in [1.165, 1.54) is 7.14 Å². The summed E-state index contributed by atoms with van der Waals surface area (Å²) in [6, 6.07) is 15.1. The van der Waals surface area contributed by atoms with Crippen molar-refractivity contribution in [2.75, 3.05) is 6.61 Å². The van der Waals surface area contributed by atoms with Crippen molar-refractivity contribution in [1.82, 2.24) is 3.53 Å². The van der Waals surface area contributed by atoms with Crippen molar-refractivity contribution in [2.24, 2.45) is 0 Å². The molecule has 0 unspecified atom stereocenters. The Balaban J connectivity index is 1.75. The zero-order chi connectivity index (χ0) is 14.4. The number of carbonyl (C=O) groups is 1. The van der Waals surface area contributed by atoms with Gasteiger partial charge in [-0.2, -0.15) is 0 Å². The van der Waals surface area contributed by atoms with Gasteiger partial charge < -0.3 is 0 Å². The van der Waals surface area contributed by atoms with E-state index in [-0.39, 0.29) is 12.5 Å². The molecule has 0 fully saturated rings. The Morgan fingerprint density at radius 1 is 1.15 bits per heavy atom. The van der Waals surface area contributed by atoms with E-state index in [0.29, 0.717) is 10.8 Å². The van der Waals surface area contributed by atoms with Gasteiger partial charge in [-0.05, 0) is 0 Å². The van der Waals surface area contributed by atoms with Crippen LogP contribution in [0.2, 0.25) is 5.02 Å². The van der Waals surface area contributed by atoms with Gasteiger partial charge in [-0.25, -0.2) is 0 Å². The number of ether oxygens (including phenoxy) is 1. The van der Waals surface area contributed by atoms with Gasteiger partial charge >= 0.3 is 148 Å². The average Bonchev–Trinajstić information content (AvgIpc) is 2.46. The molecule has 0 radical (unpaired) electrons. The molecule has 2 rings (SSSR count). The molecule has 0 aliphatic rings. The van der Waals surface area contributed by atoms with Gasteiger partial charge in [0.25, 0.3) is 0 Å². The quantitative estimate of drug-likeness (QED) is 0.461. The standard InChI is InChI=1S/C14H11ClI2NO2/c15-10-1-7-13(8-2-10)20-9-14(19)18-17-12-5-3-11(16)4-6-12/h1-8H,9H2,(H,18,19)/q-1. The van der Waals surface area contributed by atoms with Crippen LogP contribution in [0.25, 0.3) is 0 Å².